The maximum Gasteiger partial charge on any atom is 0.243 e. The van der Waals surface area contributed by atoms with Crippen LogP contribution in [-0.4, -0.2) is 48.4 Å². The standard InChI is InChI=1S/C11H17N3O/c1-2-13-5-7-14(8-6-13)10(15)11(9-12)3-4-11/h2-8H2,1H3. The molecule has 1 aliphatic heterocycles. The lowest BCUT2D eigenvalue weighted by atomic mass is 10.1. The molecular formula is C11H17N3O. The van der Waals surface area contributed by atoms with E-state index in [1.165, 1.54) is 0 Å². The van der Waals surface area contributed by atoms with Crippen LogP contribution in [0, 0.1) is 16.7 Å². The van der Waals surface area contributed by atoms with Crippen molar-refractivity contribution in [2.45, 2.75) is 19.8 Å². The van der Waals surface area contributed by atoms with Crippen molar-refractivity contribution in [3.05, 3.63) is 0 Å². The van der Waals surface area contributed by atoms with Gasteiger partial charge in [0.25, 0.3) is 0 Å². The molecule has 2 fully saturated rings. The first-order valence-electron chi connectivity index (χ1n) is 5.65. The number of amides is 1. The highest BCUT2D eigenvalue weighted by atomic mass is 16.2. The summed E-state index contributed by atoms with van der Waals surface area (Å²) in [6, 6.07) is 2.17. The highest BCUT2D eigenvalue weighted by Crippen LogP contribution is 2.46. The molecular weight excluding hydrogens is 190 g/mol. The first kappa shape index (κ1) is 10.4. The second-order valence-electron chi connectivity index (χ2n) is 4.42. The number of hydrogen-bond acceptors (Lipinski definition) is 3. The van der Waals surface area contributed by atoms with E-state index in [1.54, 1.807) is 0 Å². The minimum absolute atomic E-state index is 0.0701. The van der Waals surface area contributed by atoms with Gasteiger partial charge < -0.3 is 9.80 Å². The Morgan fingerprint density at radius 3 is 2.33 bits per heavy atom. The molecule has 1 aliphatic carbocycles. The molecule has 4 nitrogen and oxygen atoms in total. The van der Waals surface area contributed by atoms with Crippen LogP contribution in [0.3, 0.4) is 0 Å². The van der Waals surface area contributed by atoms with Gasteiger partial charge in [0.2, 0.25) is 5.91 Å². The van der Waals surface area contributed by atoms with E-state index >= 15 is 0 Å². The van der Waals surface area contributed by atoms with Crippen LogP contribution in [0.1, 0.15) is 19.8 Å². The first-order chi connectivity index (χ1) is 7.22. The molecule has 82 valence electrons. The third-order valence-electron chi connectivity index (χ3n) is 3.48. The quantitative estimate of drug-likeness (QED) is 0.660. The Morgan fingerprint density at radius 1 is 1.33 bits per heavy atom. The van der Waals surface area contributed by atoms with Crippen molar-refractivity contribution in [3.8, 4) is 6.07 Å². The topological polar surface area (TPSA) is 47.3 Å². The predicted molar refractivity (Wildman–Crippen MR) is 56.0 cm³/mol. The van der Waals surface area contributed by atoms with Crippen LogP contribution in [0.4, 0.5) is 0 Å². The Bertz CT molecular complexity index is 295. The van der Waals surface area contributed by atoms with Crippen molar-refractivity contribution in [2.75, 3.05) is 32.7 Å². The van der Waals surface area contributed by atoms with Gasteiger partial charge in [-0.25, -0.2) is 0 Å². The van der Waals surface area contributed by atoms with E-state index in [-0.39, 0.29) is 5.91 Å². The fraction of sp³-hybridized carbons (Fsp3) is 0.818. The van der Waals surface area contributed by atoms with E-state index in [1.807, 2.05) is 4.90 Å². The van der Waals surface area contributed by atoms with E-state index in [4.69, 9.17) is 5.26 Å². The van der Waals surface area contributed by atoms with Gasteiger partial charge in [-0.3, -0.25) is 4.79 Å². The molecule has 0 unspecified atom stereocenters. The van der Waals surface area contributed by atoms with Crippen molar-refractivity contribution in [3.63, 3.8) is 0 Å². The van der Waals surface area contributed by atoms with Crippen LogP contribution in [0.5, 0.6) is 0 Å². The highest BCUT2D eigenvalue weighted by molar-refractivity contribution is 5.88. The SMILES string of the molecule is CCN1CCN(C(=O)C2(C#N)CC2)CC1. The van der Waals surface area contributed by atoms with Gasteiger partial charge in [-0.1, -0.05) is 6.92 Å². The summed E-state index contributed by atoms with van der Waals surface area (Å²) in [6.07, 6.45) is 1.52. The average molecular weight is 207 g/mol. The largest absolute Gasteiger partial charge is 0.339 e. The zero-order valence-corrected chi connectivity index (χ0v) is 9.20. The Kier molecular flexibility index (Phi) is 2.66. The number of hydrogen-bond donors (Lipinski definition) is 0. The molecule has 4 heteroatoms. The molecule has 15 heavy (non-hydrogen) atoms. The molecule has 0 aromatic carbocycles. The van der Waals surface area contributed by atoms with Gasteiger partial charge in [0.1, 0.15) is 5.41 Å². The Labute approximate surface area is 90.5 Å². The van der Waals surface area contributed by atoms with Crippen molar-refractivity contribution in [1.82, 2.24) is 9.80 Å². The number of nitriles is 1. The summed E-state index contributed by atoms with van der Waals surface area (Å²) in [7, 11) is 0. The lowest BCUT2D eigenvalue weighted by molar-refractivity contribution is -0.136. The number of rotatable bonds is 2. The zero-order valence-electron chi connectivity index (χ0n) is 9.20. The summed E-state index contributed by atoms with van der Waals surface area (Å²) >= 11 is 0. The normalized spacial score (nSPS) is 24.7. The second kappa shape index (κ2) is 3.82. The van der Waals surface area contributed by atoms with Gasteiger partial charge in [0, 0.05) is 26.2 Å². The first-order valence-corrected chi connectivity index (χ1v) is 5.65. The van der Waals surface area contributed by atoms with E-state index < -0.39 is 5.41 Å². The lowest BCUT2D eigenvalue weighted by Gasteiger charge is -2.35. The molecule has 0 N–H and O–H groups in total. The monoisotopic (exact) mass is 207 g/mol. The highest BCUT2D eigenvalue weighted by Gasteiger charge is 2.52. The minimum atomic E-state index is -0.631. The smallest absolute Gasteiger partial charge is 0.243 e. The van der Waals surface area contributed by atoms with Crippen LogP contribution < -0.4 is 0 Å². The second-order valence-corrected chi connectivity index (χ2v) is 4.42. The molecule has 2 rings (SSSR count). The maximum absolute atomic E-state index is 12.0. The molecule has 1 heterocycles. The molecule has 0 bridgehead atoms. The fourth-order valence-corrected chi connectivity index (χ4v) is 2.07. The van der Waals surface area contributed by atoms with Crippen molar-refractivity contribution >= 4 is 5.91 Å². The van der Waals surface area contributed by atoms with E-state index in [2.05, 4.69) is 17.9 Å². The van der Waals surface area contributed by atoms with E-state index in [0.29, 0.717) is 0 Å². The summed E-state index contributed by atoms with van der Waals surface area (Å²) in [6.45, 7) is 6.65. The van der Waals surface area contributed by atoms with Gasteiger partial charge in [-0.05, 0) is 19.4 Å². The summed E-state index contributed by atoms with van der Waals surface area (Å²) in [4.78, 5) is 16.2. The molecule has 0 aromatic heterocycles. The van der Waals surface area contributed by atoms with Gasteiger partial charge in [-0.15, -0.1) is 0 Å². The number of likely N-dealkylation sites (N-methyl/N-ethyl adjacent to an activating group) is 1. The minimum Gasteiger partial charge on any atom is -0.339 e. The molecule has 0 radical (unpaired) electrons. The molecule has 2 aliphatic rings. The summed E-state index contributed by atoms with van der Waals surface area (Å²) in [5.74, 6) is 0.0701. The zero-order chi connectivity index (χ0) is 10.9. The van der Waals surface area contributed by atoms with Gasteiger partial charge in [0.05, 0.1) is 6.07 Å². The third-order valence-corrected chi connectivity index (χ3v) is 3.48. The van der Waals surface area contributed by atoms with Crippen molar-refractivity contribution < 1.29 is 4.79 Å². The number of carbonyl (C=O) groups excluding carboxylic acids is 1. The Morgan fingerprint density at radius 2 is 1.93 bits per heavy atom. The maximum atomic E-state index is 12.0. The average Bonchev–Trinajstić information content (AvgIpc) is 3.09. The molecule has 1 saturated carbocycles. The molecule has 0 spiro atoms. The van der Waals surface area contributed by atoms with Gasteiger partial charge in [-0.2, -0.15) is 5.26 Å². The van der Waals surface area contributed by atoms with Crippen molar-refractivity contribution in [2.24, 2.45) is 5.41 Å². The van der Waals surface area contributed by atoms with Crippen LogP contribution >= 0.6 is 0 Å². The van der Waals surface area contributed by atoms with Crippen LogP contribution in [-0.2, 0) is 4.79 Å². The summed E-state index contributed by atoms with van der Waals surface area (Å²) < 4.78 is 0. The molecule has 0 aromatic rings. The van der Waals surface area contributed by atoms with E-state index in [9.17, 15) is 4.79 Å². The van der Waals surface area contributed by atoms with E-state index in [0.717, 1.165) is 45.6 Å². The fourth-order valence-electron chi connectivity index (χ4n) is 2.07. The van der Waals surface area contributed by atoms with Crippen molar-refractivity contribution in [1.29, 1.82) is 5.26 Å². The lowest BCUT2D eigenvalue weighted by Crippen LogP contribution is -2.50. The summed E-state index contributed by atoms with van der Waals surface area (Å²) in [5, 5.41) is 8.95. The van der Waals surface area contributed by atoms with Crippen LogP contribution in [0.15, 0.2) is 0 Å². The predicted octanol–water partition coefficient (Wildman–Crippen LogP) is 0.454. The molecule has 0 atom stereocenters. The summed E-state index contributed by atoms with van der Waals surface area (Å²) in [5.41, 5.74) is -0.631. The van der Waals surface area contributed by atoms with Gasteiger partial charge in [0.15, 0.2) is 0 Å². The molecule has 1 amide bonds. The molecule has 1 saturated heterocycles. The van der Waals surface area contributed by atoms with Crippen LogP contribution in [0.25, 0.3) is 0 Å². The third kappa shape index (κ3) is 1.84. The Hall–Kier alpha value is -1.08. The van der Waals surface area contributed by atoms with Crippen LogP contribution in [0.2, 0.25) is 0 Å². The van der Waals surface area contributed by atoms with Gasteiger partial charge >= 0.3 is 0 Å². The number of carbonyl (C=O) groups is 1. The number of nitrogens with zero attached hydrogens (tertiary/aromatic N) is 3. The number of piperazine rings is 1. The Balaban J connectivity index is 1.91.